The summed E-state index contributed by atoms with van der Waals surface area (Å²) in [4.78, 5) is 26.3. The quantitative estimate of drug-likeness (QED) is 0.746. The lowest BCUT2D eigenvalue weighted by Crippen LogP contribution is -2.44. The molecule has 0 saturated heterocycles. The third kappa shape index (κ3) is 4.19. The van der Waals surface area contributed by atoms with Gasteiger partial charge in [-0.1, -0.05) is 0 Å². The van der Waals surface area contributed by atoms with E-state index in [1.807, 2.05) is 32.6 Å². The first kappa shape index (κ1) is 18.7. The standard InChI is InChI=1S/C18H25N5O2S/c1-11(24)15-5-12(10-26-15)6-17(25)19-14-7-13(8-14)18-21-20-16(23(18)4)9-22(2)3/h5,10,13-14H,6-9H2,1-4H3,(H,19,25). The van der Waals surface area contributed by atoms with E-state index in [4.69, 9.17) is 0 Å². The van der Waals surface area contributed by atoms with Gasteiger partial charge >= 0.3 is 0 Å². The fourth-order valence-corrected chi connectivity index (χ4v) is 4.03. The van der Waals surface area contributed by atoms with Crippen LogP contribution in [-0.4, -0.2) is 51.5 Å². The van der Waals surface area contributed by atoms with E-state index in [9.17, 15) is 9.59 Å². The molecule has 1 aliphatic rings. The number of hydrogen-bond donors (Lipinski definition) is 1. The zero-order chi connectivity index (χ0) is 18.8. The van der Waals surface area contributed by atoms with Gasteiger partial charge in [-0.05, 0) is 50.9 Å². The predicted molar refractivity (Wildman–Crippen MR) is 100 cm³/mol. The van der Waals surface area contributed by atoms with Crippen molar-refractivity contribution in [3.8, 4) is 0 Å². The third-order valence-electron chi connectivity index (χ3n) is 4.69. The highest BCUT2D eigenvalue weighted by Gasteiger charge is 2.34. The van der Waals surface area contributed by atoms with Crippen LogP contribution in [0.25, 0.3) is 0 Å². The van der Waals surface area contributed by atoms with Crippen LogP contribution in [0.5, 0.6) is 0 Å². The monoisotopic (exact) mass is 375 g/mol. The number of rotatable bonds is 7. The van der Waals surface area contributed by atoms with Gasteiger partial charge in [0.15, 0.2) is 5.78 Å². The number of nitrogens with one attached hydrogen (secondary N) is 1. The summed E-state index contributed by atoms with van der Waals surface area (Å²) in [5.74, 6) is 2.35. The zero-order valence-electron chi connectivity index (χ0n) is 15.7. The fraction of sp³-hybridized carbons (Fsp3) is 0.556. The van der Waals surface area contributed by atoms with E-state index < -0.39 is 0 Å². The van der Waals surface area contributed by atoms with Gasteiger partial charge in [0, 0.05) is 19.0 Å². The van der Waals surface area contributed by atoms with Gasteiger partial charge in [-0.3, -0.25) is 9.59 Å². The van der Waals surface area contributed by atoms with Crippen LogP contribution >= 0.6 is 11.3 Å². The van der Waals surface area contributed by atoms with Gasteiger partial charge in [-0.2, -0.15) is 0 Å². The summed E-state index contributed by atoms with van der Waals surface area (Å²) >= 11 is 1.39. The second kappa shape index (κ2) is 7.67. The number of hydrogen-bond acceptors (Lipinski definition) is 6. The van der Waals surface area contributed by atoms with Crippen molar-refractivity contribution in [2.24, 2.45) is 7.05 Å². The molecule has 1 N–H and O–H groups in total. The van der Waals surface area contributed by atoms with Crippen molar-refractivity contribution in [1.82, 2.24) is 25.0 Å². The van der Waals surface area contributed by atoms with Crippen molar-refractivity contribution in [1.29, 1.82) is 0 Å². The van der Waals surface area contributed by atoms with Crippen LogP contribution in [0.4, 0.5) is 0 Å². The predicted octanol–water partition coefficient (Wildman–Crippen LogP) is 1.75. The first-order valence-corrected chi connectivity index (χ1v) is 9.62. The summed E-state index contributed by atoms with van der Waals surface area (Å²) in [6.45, 7) is 2.31. The maximum absolute atomic E-state index is 12.2. The molecule has 1 fully saturated rings. The summed E-state index contributed by atoms with van der Waals surface area (Å²) in [6, 6.07) is 1.99. The molecule has 26 heavy (non-hydrogen) atoms. The lowest BCUT2D eigenvalue weighted by molar-refractivity contribution is -0.121. The van der Waals surface area contributed by atoms with Crippen molar-refractivity contribution >= 4 is 23.0 Å². The highest BCUT2D eigenvalue weighted by Crippen LogP contribution is 2.36. The number of amides is 1. The van der Waals surface area contributed by atoms with Crippen LogP contribution in [-0.2, 0) is 24.8 Å². The molecule has 2 aromatic heterocycles. The van der Waals surface area contributed by atoms with Gasteiger partial charge < -0.3 is 14.8 Å². The molecular formula is C18H25N5O2S. The number of carbonyl (C=O) groups is 2. The number of thiophene rings is 1. The van der Waals surface area contributed by atoms with E-state index in [1.165, 1.54) is 11.3 Å². The molecule has 1 saturated carbocycles. The Morgan fingerprint density at radius 1 is 1.35 bits per heavy atom. The van der Waals surface area contributed by atoms with Crippen LogP contribution in [0.15, 0.2) is 11.4 Å². The van der Waals surface area contributed by atoms with Crippen LogP contribution in [0.1, 0.15) is 52.6 Å². The summed E-state index contributed by atoms with van der Waals surface area (Å²) in [5.41, 5.74) is 0.898. The molecule has 0 atom stereocenters. The van der Waals surface area contributed by atoms with Crippen molar-refractivity contribution in [3.05, 3.63) is 33.5 Å². The minimum atomic E-state index is 0.00705. The molecule has 3 rings (SSSR count). The largest absolute Gasteiger partial charge is 0.353 e. The van der Waals surface area contributed by atoms with Gasteiger partial charge in [-0.25, -0.2) is 0 Å². The van der Waals surface area contributed by atoms with Crippen LogP contribution in [0.3, 0.4) is 0 Å². The number of nitrogens with zero attached hydrogens (tertiary/aromatic N) is 4. The molecule has 140 valence electrons. The van der Waals surface area contributed by atoms with Gasteiger partial charge in [0.05, 0.1) is 17.8 Å². The minimum Gasteiger partial charge on any atom is -0.353 e. The Kier molecular flexibility index (Phi) is 5.52. The molecular weight excluding hydrogens is 350 g/mol. The van der Waals surface area contributed by atoms with E-state index in [0.29, 0.717) is 17.2 Å². The Morgan fingerprint density at radius 2 is 2.08 bits per heavy atom. The van der Waals surface area contributed by atoms with Gasteiger partial charge in [0.2, 0.25) is 5.91 Å². The summed E-state index contributed by atoms with van der Waals surface area (Å²) in [6.07, 6.45) is 2.10. The summed E-state index contributed by atoms with van der Waals surface area (Å²) in [5, 5.41) is 13.6. The second-order valence-electron chi connectivity index (χ2n) is 7.26. The maximum Gasteiger partial charge on any atom is 0.224 e. The molecule has 0 bridgehead atoms. The van der Waals surface area contributed by atoms with Crippen molar-refractivity contribution in [2.45, 2.75) is 44.7 Å². The van der Waals surface area contributed by atoms with E-state index in [1.54, 1.807) is 6.92 Å². The first-order chi connectivity index (χ1) is 12.3. The highest BCUT2D eigenvalue weighted by atomic mass is 32.1. The van der Waals surface area contributed by atoms with E-state index in [0.717, 1.165) is 36.6 Å². The van der Waals surface area contributed by atoms with Gasteiger partial charge in [0.1, 0.15) is 11.6 Å². The van der Waals surface area contributed by atoms with Crippen molar-refractivity contribution in [3.63, 3.8) is 0 Å². The molecule has 1 amide bonds. The molecule has 8 heteroatoms. The molecule has 2 heterocycles. The van der Waals surface area contributed by atoms with E-state index in [2.05, 4.69) is 25.0 Å². The normalized spacial score (nSPS) is 19.4. The fourth-order valence-electron chi connectivity index (χ4n) is 3.21. The van der Waals surface area contributed by atoms with Crippen LogP contribution in [0, 0.1) is 0 Å². The lowest BCUT2D eigenvalue weighted by Gasteiger charge is -2.35. The van der Waals surface area contributed by atoms with Gasteiger partial charge in [0.25, 0.3) is 0 Å². The van der Waals surface area contributed by atoms with Crippen LogP contribution in [0.2, 0.25) is 0 Å². The Bertz CT molecular complexity index is 804. The Balaban J connectivity index is 1.48. The minimum absolute atomic E-state index is 0.00705. The average molecular weight is 375 g/mol. The molecule has 7 nitrogen and oxygen atoms in total. The average Bonchev–Trinajstić information content (AvgIpc) is 3.11. The Hall–Kier alpha value is -2.06. The molecule has 0 aromatic carbocycles. The second-order valence-corrected chi connectivity index (χ2v) is 8.17. The Morgan fingerprint density at radius 3 is 2.69 bits per heavy atom. The lowest BCUT2D eigenvalue weighted by atomic mass is 9.79. The molecule has 2 aromatic rings. The third-order valence-corrected chi connectivity index (χ3v) is 5.77. The number of aromatic nitrogens is 3. The Labute approximate surface area is 157 Å². The highest BCUT2D eigenvalue weighted by molar-refractivity contribution is 7.12. The van der Waals surface area contributed by atoms with Crippen LogP contribution < -0.4 is 5.32 Å². The molecule has 0 unspecified atom stereocenters. The molecule has 1 aliphatic carbocycles. The summed E-state index contributed by atoms with van der Waals surface area (Å²) in [7, 11) is 6.02. The summed E-state index contributed by atoms with van der Waals surface area (Å²) < 4.78 is 2.07. The number of ketones is 1. The van der Waals surface area contributed by atoms with Gasteiger partial charge in [-0.15, -0.1) is 21.5 Å². The van der Waals surface area contributed by atoms with E-state index >= 15 is 0 Å². The molecule has 0 spiro atoms. The zero-order valence-corrected chi connectivity index (χ0v) is 16.5. The maximum atomic E-state index is 12.2. The SMILES string of the molecule is CC(=O)c1cc(CC(=O)NC2CC(c3nnc(CN(C)C)n3C)C2)cs1. The topological polar surface area (TPSA) is 80.1 Å². The van der Waals surface area contributed by atoms with Crippen molar-refractivity contribution < 1.29 is 9.59 Å². The number of carbonyl (C=O) groups excluding carboxylic acids is 2. The molecule has 0 radical (unpaired) electrons. The number of Topliss-reactive ketones (excluding diaryl/α,β-unsaturated/α-hetero) is 1. The smallest absolute Gasteiger partial charge is 0.224 e. The van der Waals surface area contributed by atoms with Crippen molar-refractivity contribution in [2.75, 3.05) is 14.1 Å². The molecule has 0 aliphatic heterocycles. The van der Waals surface area contributed by atoms with E-state index in [-0.39, 0.29) is 17.7 Å². The first-order valence-electron chi connectivity index (χ1n) is 8.74.